The van der Waals surface area contributed by atoms with Crippen LogP contribution in [-0.4, -0.2) is 34.4 Å². The zero-order valence-electron chi connectivity index (χ0n) is 10.4. The highest BCUT2D eigenvalue weighted by atomic mass is 19.4. The molecular formula is C11H13F3N2O4. The van der Waals surface area contributed by atoms with E-state index in [1.54, 1.807) is 0 Å². The molecule has 0 saturated heterocycles. The topological polar surface area (TPSA) is 106 Å². The van der Waals surface area contributed by atoms with E-state index in [-0.39, 0.29) is 5.82 Å². The number of nitrogens with zero attached hydrogens (tertiary/aromatic N) is 1. The lowest BCUT2D eigenvalue weighted by atomic mass is 10.0. The molecule has 0 radical (unpaired) electrons. The Labute approximate surface area is 112 Å². The molecule has 112 valence electrons. The van der Waals surface area contributed by atoms with Gasteiger partial charge in [0.1, 0.15) is 11.9 Å². The predicted molar refractivity (Wildman–Crippen MR) is 61.3 cm³/mol. The van der Waals surface area contributed by atoms with Crippen molar-refractivity contribution in [3.8, 4) is 0 Å². The molecule has 0 aromatic carbocycles. The summed E-state index contributed by atoms with van der Waals surface area (Å²) >= 11 is 0. The lowest BCUT2D eigenvalue weighted by Crippen LogP contribution is -2.24. The molecule has 2 unspecified atom stereocenters. The van der Waals surface area contributed by atoms with Crippen LogP contribution in [0.4, 0.5) is 19.0 Å². The molecule has 1 aromatic heterocycles. The third kappa shape index (κ3) is 3.81. The second-order valence-electron chi connectivity index (χ2n) is 3.99. The van der Waals surface area contributed by atoms with Crippen LogP contribution in [0.3, 0.4) is 0 Å². The zero-order valence-corrected chi connectivity index (χ0v) is 10.4. The second-order valence-corrected chi connectivity index (χ2v) is 3.99. The number of carbonyl (C=O) groups excluding carboxylic acids is 1. The number of aliphatic hydroxyl groups excluding tert-OH is 2. The van der Waals surface area contributed by atoms with E-state index in [0.29, 0.717) is 12.3 Å². The molecule has 0 bridgehead atoms. The summed E-state index contributed by atoms with van der Waals surface area (Å²) in [6.45, 7) is 0. The minimum atomic E-state index is -4.66. The molecule has 1 rings (SSSR count). The number of halogens is 3. The number of esters is 1. The van der Waals surface area contributed by atoms with Crippen LogP contribution in [0.5, 0.6) is 0 Å². The van der Waals surface area contributed by atoms with Gasteiger partial charge in [0.05, 0.1) is 25.2 Å². The Bertz CT molecular complexity index is 493. The summed E-state index contributed by atoms with van der Waals surface area (Å²) in [6, 6.07) is 0.577. The van der Waals surface area contributed by atoms with Crippen LogP contribution in [0.25, 0.3) is 0 Å². The summed E-state index contributed by atoms with van der Waals surface area (Å²) in [6.07, 6.45) is -8.19. The van der Waals surface area contributed by atoms with Crippen LogP contribution in [0, 0.1) is 0 Å². The van der Waals surface area contributed by atoms with Gasteiger partial charge in [0.15, 0.2) is 0 Å². The molecule has 9 heteroatoms. The molecule has 0 aliphatic carbocycles. The normalized spacial score (nSPS) is 14.7. The third-order valence-corrected chi connectivity index (χ3v) is 2.56. The molecule has 0 amide bonds. The number of alkyl halides is 3. The van der Waals surface area contributed by atoms with Gasteiger partial charge >= 0.3 is 12.1 Å². The van der Waals surface area contributed by atoms with Crippen LogP contribution in [0.1, 0.15) is 23.7 Å². The fourth-order valence-electron chi connectivity index (χ4n) is 1.46. The van der Waals surface area contributed by atoms with Gasteiger partial charge in [-0.1, -0.05) is 0 Å². The summed E-state index contributed by atoms with van der Waals surface area (Å²) in [5.74, 6) is -1.19. The summed E-state index contributed by atoms with van der Waals surface area (Å²) in [4.78, 5) is 14.3. The van der Waals surface area contributed by atoms with Crippen LogP contribution in [0.2, 0.25) is 0 Å². The maximum Gasteiger partial charge on any atom is 0.417 e. The first kappa shape index (κ1) is 16.2. The van der Waals surface area contributed by atoms with Gasteiger partial charge in [0.2, 0.25) is 0 Å². The molecule has 2 atom stereocenters. The monoisotopic (exact) mass is 294 g/mol. The average Bonchev–Trinajstić information content (AvgIpc) is 2.36. The number of aromatic nitrogens is 1. The Morgan fingerprint density at radius 2 is 2.10 bits per heavy atom. The summed E-state index contributed by atoms with van der Waals surface area (Å²) in [5.41, 5.74) is 3.84. The van der Waals surface area contributed by atoms with E-state index in [1.165, 1.54) is 0 Å². The lowest BCUT2D eigenvalue weighted by Gasteiger charge is -2.19. The summed E-state index contributed by atoms with van der Waals surface area (Å²) in [7, 11) is 1.07. The Hall–Kier alpha value is -1.87. The van der Waals surface area contributed by atoms with Crippen molar-refractivity contribution >= 4 is 11.8 Å². The van der Waals surface area contributed by atoms with E-state index in [2.05, 4.69) is 9.72 Å². The number of aliphatic hydroxyl groups is 2. The molecule has 0 aliphatic heterocycles. The molecule has 0 aliphatic rings. The molecular weight excluding hydrogens is 281 g/mol. The van der Waals surface area contributed by atoms with E-state index in [0.717, 1.165) is 7.11 Å². The smallest absolute Gasteiger partial charge is 0.417 e. The van der Waals surface area contributed by atoms with Gasteiger partial charge in [-0.2, -0.15) is 13.2 Å². The highest BCUT2D eigenvalue weighted by molar-refractivity contribution is 5.69. The third-order valence-electron chi connectivity index (χ3n) is 2.56. The van der Waals surface area contributed by atoms with Crippen LogP contribution in [0.15, 0.2) is 12.3 Å². The summed E-state index contributed by atoms with van der Waals surface area (Å²) in [5, 5.41) is 19.3. The number of carbonyl (C=O) groups is 1. The molecule has 4 N–H and O–H groups in total. The van der Waals surface area contributed by atoms with E-state index in [1.807, 2.05) is 0 Å². The first-order chi connectivity index (χ1) is 9.16. The first-order valence-corrected chi connectivity index (χ1v) is 5.42. The van der Waals surface area contributed by atoms with Crippen molar-refractivity contribution in [3.63, 3.8) is 0 Å². The number of anilines is 1. The second kappa shape index (κ2) is 6.06. The van der Waals surface area contributed by atoms with Gasteiger partial charge in [-0.25, -0.2) is 4.98 Å². The van der Waals surface area contributed by atoms with Gasteiger partial charge in [0.25, 0.3) is 0 Å². The minimum absolute atomic E-state index is 0.366. The average molecular weight is 294 g/mol. The van der Waals surface area contributed by atoms with E-state index < -0.39 is 41.9 Å². The van der Waals surface area contributed by atoms with Crippen molar-refractivity contribution in [3.05, 3.63) is 23.4 Å². The maximum absolute atomic E-state index is 12.5. The first-order valence-electron chi connectivity index (χ1n) is 5.42. The Morgan fingerprint density at radius 1 is 1.50 bits per heavy atom. The van der Waals surface area contributed by atoms with Gasteiger partial charge in [-0.3, -0.25) is 4.79 Å². The molecule has 6 nitrogen and oxygen atoms in total. The molecule has 1 heterocycles. The SMILES string of the molecule is COC(=O)CC(O)C(O)c1cc(C(F)(F)F)cnc1N. The van der Waals surface area contributed by atoms with Gasteiger partial charge < -0.3 is 20.7 Å². The van der Waals surface area contributed by atoms with E-state index in [9.17, 15) is 28.2 Å². The number of pyridine rings is 1. The maximum atomic E-state index is 12.5. The van der Waals surface area contributed by atoms with Crippen molar-refractivity contribution in [2.45, 2.75) is 24.8 Å². The van der Waals surface area contributed by atoms with Gasteiger partial charge in [-0.15, -0.1) is 0 Å². The Kier molecular flexibility index (Phi) is 4.90. The fraction of sp³-hybridized carbons (Fsp3) is 0.455. The Balaban J connectivity index is 3.03. The molecule has 1 aromatic rings. The van der Waals surface area contributed by atoms with Crippen molar-refractivity contribution in [1.29, 1.82) is 0 Å². The van der Waals surface area contributed by atoms with Crippen LogP contribution >= 0.6 is 0 Å². The number of nitrogen functional groups attached to an aromatic ring is 1. The fourth-order valence-corrected chi connectivity index (χ4v) is 1.46. The highest BCUT2D eigenvalue weighted by Crippen LogP contribution is 2.32. The summed E-state index contributed by atoms with van der Waals surface area (Å²) < 4.78 is 41.9. The minimum Gasteiger partial charge on any atom is -0.469 e. The number of hydrogen-bond acceptors (Lipinski definition) is 6. The standard InChI is InChI=1S/C11H13F3N2O4/c1-20-8(18)3-7(17)9(19)6-2-5(11(12,13)14)4-16-10(6)15/h2,4,7,9,17,19H,3H2,1H3,(H2,15,16). The number of rotatable bonds is 4. The number of hydrogen-bond donors (Lipinski definition) is 3. The molecule has 0 saturated carbocycles. The van der Waals surface area contributed by atoms with E-state index in [4.69, 9.17) is 5.73 Å². The Morgan fingerprint density at radius 3 is 2.60 bits per heavy atom. The van der Waals surface area contributed by atoms with Crippen molar-refractivity contribution in [2.24, 2.45) is 0 Å². The van der Waals surface area contributed by atoms with Crippen molar-refractivity contribution in [2.75, 3.05) is 12.8 Å². The molecule has 0 spiro atoms. The number of nitrogens with two attached hydrogens (primary N) is 1. The predicted octanol–water partition coefficient (Wildman–Crippen LogP) is 0.640. The van der Waals surface area contributed by atoms with Crippen molar-refractivity contribution in [1.82, 2.24) is 4.98 Å². The van der Waals surface area contributed by atoms with Gasteiger partial charge in [-0.05, 0) is 6.07 Å². The number of ether oxygens (including phenoxy) is 1. The van der Waals surface area contributed by atoms with Gasteiger partial charge in [0, 0.05) is 11.8 Å². The molecule has 20 heavy (non-hydrogen) atoms. The van der Waals surface area contributed by atoms with Crippen LogP contribution in [-0.2, 0) is 15.7 Å². The number of methoxy groups -OCH3 is 1. The lowest BCUT2D eigenvalue weighted by molar-refractivity contribution is -0.145. The van der Waals surface area contributed by atoms with Crippen molar-refractivity contribution < 1.29 is 32.9 Å². The van der Waals surface area contributed by atoms with E-state index >= 15 is 0 Å². The highest BCUT2D eigenvalue weighted by Gasteiger charge is 2.33. The van der Waals surface area contributed by atoms with Crippen LogP contribution < -0.4 is 5.73 Å². The quantitative estimate of drug-likeness (QED) is 0.704. The zero-order chi connectivity index (χ0) is 15.5. The largest absolute Gasteiger partial charge is 0.469 e. The molecule has 0 fully saturated rings.